The van der Waals surface area contributed by atoms with E-state index in [1.165, 1.54) is 6.42 Å². The van der Waals surface area contributed by atoms with Crippen molar-refractivity contribution in [2.75, 3.05) is 33.8 Å². The maximum absolute atomic E-state index is 9.63. The molecule has 0 spiro atoms. The molecule has 0 saturated heterocycles. The molecule has 0 aromatic rings. The van der Waals surface area contributed by atoms with Gasteiger partial charge in [-0.15, -0.1) is 0 Å². The van der Waals surface area contributed by atoms with Crippen LogP contribution in [0.3, 0.4) is 0 Å². The third-order valence-electron chi connectivity index (χ3n) is 0.258. The Balaban J connectivity index is -0.0000000367. The lowest BCUT2D eigenvalue weighted by atomic mass is 10.6. The molecule has 0 aliphatic carbocycles. The Morgan fingerprint density at radius 2 is 1.18 bits per heavy atom. The van der Waals surface area contributed by atoms with Crippen LogP contribution in [0.1, 0.15) is 41.0 Å². The van der Waals surface area contributed by atoms with Crippen LogP contribution >= 0.6 is 0 Å². The number of sulfone groups is 1. The van der Waals surface area contributed by atoms with Gasteiger partial charge in [-0.25, -0.2) is 8.42 Å². The van der Waals surface area contributed by atoms with Crippen LogP contribution < -0.4 is 0 Å². The second-order valence-corrected chi connectivity index (χ2v) is 5.06. The van der Waals surface area contributed by atoms with Gasteiger partial charge in [-0.1, -0.05) is 34.1 Å². The molecule has 5 heteroatoms. The molecule has 0 unspecified atom stereocenters. The minimum atomic E-state index is -2.67. The van der Waals surface area contributed by atoms with Crippen molar-refractivity contribution in [3.63, 3.8) is 0 Å². The average molecular weight is 271 g/mol. The van der Waals surface area contributed by atoms with Gasteiger partial charge in [-0.3, -0.25) is 0 Å². The molecule has 0 heterocycles. The van der Waals surface area contributed by atoms with Crippen LogP contribution in [0.2, 0.25) is 0 Å². The van der Waals surface area contributed by atoms with Crippen molar-refractivity contribution in [3.05, 3.63) is 0 Å². The second kappa shape index (κ2) is 36.1. The van der Waals surface area contributed by atoms with E-state index in [9.17, 15) is 8.42 Å². The van der Waals surface area contributed by atoms with Crippen molar-refractivity contribution < 1.29 is 13.2 Å². The Kier molecular flexibility index (Phi) is 63.7. The Hall–Kier alpha value is -0.420. The number of aliphatic imine (C=N–C) groups is 1. The molecular weight excluding hydrogens is 238 g/mol. The summed E-state index contributed by atoms with van der Waals surface area (Å²) in [6.07, 6.45) is 5.32. The first kappa shape index (κ1) is 30.0. The van der Waals surface area contributed by atoms with Crippen LogP contribution in [0.4, 0.5) is 0 Å². The molecule has 0 atom stereocenters. The van der Waals surface area contributed by atoms with Crippen molar-refractivity contribution in [1.29, 1.82) is 0 Å². The van der Waals surface area contributed by atoms with Gasteiger partial charge < -0.3 is 9.73 Å². The van der Waals surface area contributed by atoms with Gasteiger partial charge >= 0.3 is 0 Å². The van der Waals surface area contributed by atoms with E-state index in [4.69, 9.17) is 0 Å². The van der Waals surface area contributed by atoms with E-state index in [-0.39, 0.29) is 0 Å². The summed E-state index contributed by atoms with van der Waals surface area (Å²) < 4.78 is 23.5. The van der Waals surface area contributed by atoms with Gasteiger partial charge in [0.1, 0.15) is 9.84 Å². The van der Waals surface area contributed by atoms with Gasteiger partial charge in [-0.2, -0.15) is 0 Å². The summed E-state index contributed by atoms with van der Waals surface area (Å²) in [6.45, 7) is 10.1. The molecule has 0 aromatic carbocycles. The molecule has 0 fully saturated rings. The van der Waals surface area contributed by atoms with Crippen LogP contribution in [0, 0.1) is 0 Å². The zero-order valence-electron chi connectivity index (χ0n) is 13.4. The minimum Gasteiger partial charge on any atom is -0.388 e. The van der Waals surface area contributed by atoms with Gasteiger partial charge in [0, 0.05) is 33.8 Å². The summed E-state index contributed by atoms with van der Waals surface area (Å²) in [5.74, 6) is 0. The third-order valence-corrected chi connectivity index (χ3v) is 0.258. The van der Waals surface area contributed by atoms with Crippen molar-refractivity contribution in [3.8, 4) is 0 Å². The average Bonchev–Trinajstić information content (AvgIpc) is 2.20. The zero-order valence-corrected chi connectivity index (χ0v) is 14.2. The highest BCUT2D eigenvalue weighted by atomic mass is 32.2. The van der Waals surface area contributed by atoms with Gasteiger partial charge in [0.05, 0.1) is 0 Å². The lowest BCUT2D eigenvalue weighted by molar-refractivity contribution is 0.277. The molecule has 0 rings (SSSR count). The molecule has 110 valence electrons. The maximum Gasteiger partial charge on any atom is 0.144 e. The Morgan fingerprint density at radius 3 is 1.18 bits per heavy atom. The minimum absolute atomic E-state index is 1.16. The van der Waals surface area contributed by atoms with Gasteiger partial charge in [0.2, 0.25) is 0 Å². The lowest BCUT2D eigenvalue weighted by Gasteiger charge is -1.69. The molecule has 17 heavy (non-hydrogen) atoms. The first-order valence-electron chi connectivity index (χ1n) is 5.66. The third kappa shape index (κ3) is 8540. The predicted molar refractivity (Wildman–Crippen MR) is 81.1 cm³/mol. The summed E-state index contributed by atoms with van der Waals surface area (Å²) in [7, 11) is 2.33. The highest BCUT2D eigenvalue weighted by Crippen LogP contribution is 1.61. The van der Waals surface area contributed by atoms with Crippen molar-refractivity contribution >= 4 is 16.1 Å². The van der Waals surface area contributed by atoms with Crippen LogP contribution in [0.15, 0.2) is 4.99 Å². The first-order valence-corrected chi connectivity index (χ1v) is 7.96. The summed E-state index contributed by atoms with van der Waals surface area (Å²) in [5, 5.41) is 0. The van der Waals surface area contributed by atoms with Crippen LogP contribution in [0.5, 0.6) is 0 Å². The van der Waals surface area contributed by atoms with Gasteiger partial charge in [-0.05, 0) is 13.1 Å². The summed E-state index contributed by atoms with van der Waals surface area (Å²) in [4.78, 5) is 3.61. The molecule has 0 radical (unpaired) electrons. The quantitative estimate of drug-likeness (QED) is 0.636. The first-order chi connectivity index (χ1) is 7.74. The summed E-state index contributed by atoms with van der Waals surface area (Å²) in [5.41, 5.74) is 0. The van der Waals surface area contributed by atoms with E-state index < -0.39 is 9.84 Å². The molecule has 0 aromatic heterocycles. The molecule has 4 nitrogen and oxygen atoms in total. The van der Waals surface area contributed by atoms with Gasteiger partial charge in [0.25, 0.3) is 0 Å². The van der Waals surface area contributed by atoms with Crippen LogP contribution in [0.25, 0.3) is 0 Å². The zero-order chi connectivity index (χ0) is 15.3. The monoisotopic (exact) mass is 271 g/mol. The largest absolute Gasteiger partial charge is 0.388 e. The molecule has 0 N–H and O–H groups in total. The fraction of sp³-hybridized carbons (Fsp3) is 0.917. The summed E-state index contributed by atoms with van der Waals surface area (Å²) >= 11 is 0. The smallest absolute Gasteiger partial charge is 0.144 e. The lowest BCUT2D eigenvalue weighted by Crippen LogP contribution is -1.86. The molecule has 0 aliphatic heterocycles. The van der Waals surface area contributed by atoms with Gasteiger partial charge in [0.15, 0.2) is 0 Å². The number of hydrogen-bond acceptors (Lipinski definition) is 4. The van der Waals surface area contributed by atoms with E-state index in [0.717, 1.165) is 12.5 Å². The second-order valence-electron chi connectivity index (χ2n) is 2.77. The van der Waals surface area contributed by atoms with Crippen LogP contribution in [-0.4, -0.2) is 48.4 Å². The standard InChI is InChI=1S/C3H7N.C3H8.C2H6O2S.C2H6O.C2H6/c1-3-4-2;1-3-2;1-5(2,3)4;1-3-2;1-2/h3H,1-2H3;3H2,1-2H3;1-2H3;1-2H3;1-2H3. The Bertz CT molecular complexity index is 174. The predicted octanol–water partition coefficient (Wildman–Crippen LogP) is 3.07. The number of hydrogen-bond donors (Lipinski definition) is 0. The molecule has 0 aliphatic rings. The number of ether oxygens (including phenoxy) is 1. The fourth-order valence-corrected chi connectivity index (χ4v) is 0. The number of nitrogens with zero attached hydrogens (tertiary/aromatic N) is 1. The van der Waals surface area contributed by atoms with E-state index in [2.05, 4.69) is 23.6 Å². The van der Waals surface area contributed by atoms with Crippen molar-refractivity contribution in [2.24, 2.45) is 4.99 Å². The molecular formula is C12H33NO3S. The highest BCUT2D eigenvalue weighted by molar-refractivity contribution is 7.89. The van der Waals surface area contributed by atoms with Crippen LogP contribution in [-0.2, 0) is 14.6 Å². The Morgan fingerprint density at radius 1 is 1.12 bits per heavy atom. The number of rotatable bonds is 0. The van der Waals surface area contributed by atoms with Crippen molar-refractivity contribution in [2.45, 2.75) is 41.0 Å². The van der Waals surface area contributed by atoms with E-state index >= 15 is 0 Å². The normalized spacial score (nSPS) is 8.12. The molecule has 0 saturated carbocycles. The maximum atomic E-state index is 9.63. The van der Waals surface area contributed by atoms with E-state index in [1.807, 2.05) is 20.8 Å². The number of methoxy groups -OCH3 is 1. The molecule has 0 amide bonds. The SMILES string of the molecule is CC.CC=NC.CCC.COC.CS(C)(=O)=O. The van der Waals surface area contributed by atoms with E-state index in [1.54, 1.807) is 27.5 Å². The highest BCUT2D eigenvalue weighted by Gasteiger charge is 1.79. The van der Waals surface area contributed by atoms with E-state index in [0.29, 0.717) is 0 Å². The Labute approximate surface area is 109 Å². The van der Waals surface area contributed by atoms with Crippen molar-refractivity contribution in [1.82, 2.24) is 0 Å². The summed E-state index contributed by atoms with van der Waals surface area (Å²) in [6, 6.07) is 0. The topological polar surface area (TPSA) is 55.7 Å². The molecule has 0 bridgehead atoms. The fourth-order valence-electron chi connectivity index (χ4n) is 0.